The lowest BCUT2D eigenvalue weighted by Crippen LogP contribution is -2.43. The normalized spacial score (nSPS) is 17.5. The highest BCUT2D eigenvalue weighted by molar-refractivity contribution is 5.95. The van der Waals surface area contributed by atoms with Crippen LogP contribution in [0.3, 0.4) is 0 Å². The first-order valence-corrected chi connectivity index (χ1v) is 21.9. The van der Waals surface area contributed by atoms with Gasteiger partial charge in [0.25, 0.3) is 0 Å². The van der Waals surface area contributed by atoms with Gasteiger partial charge >= 0.3 is 0 Å². The maximum Gasteiger partial charge on any atom is 0.0964 e. The van der Waals surface area contributed by atoms with Crippen LogP contribution in [0.25, 0.3) is 39.1 Å². The third kappa shape index (κ3) is 4.39. The molecule has 0 saturated carbocycles. The fourth-order valence-electron chi connectivity index (χ4n) is 12.3. The summed E-state index contributed by atoms with van der Waals surface area (Å²) in [4.78, 5) is 0. The zero-order valence-corrected chi connectivity index (χ0v) is 34.7. The highest BCUT2D eigenvalue weighted by atomic mass is 15.1. The Morgan fingerprint density at radius 3 is 1.45 bits per heavy atom. The standard InChI is InChI=1S/C60H42N2/c1-58(2)46-26-11-6-21-40(46)45-36-35-39(37-54(45)58)57(38-19-4-3-5-20-38)62-61-55-34-18-33-53-56(55)60(49-29-14-9-24-43(49)44-25-10-15-30-50(44)60)52-32-17-16-31-51(52)59(53)47-27-12-7-22-41(47)42-23-8-13-28-48(42)59/h3-19,21-37H,20H2,1-2H3/b57-38-,62-61?. The molecule has 292 valence electrons. The van der Waals surface area contributed by atoms with E-state index in [1.165, 1.54) is 89.0 Å². The highest BCUT2D eigenvalue weighted by Crippen LogP contribution is 2.68. The molecule has 5 aliphatic rings. The van der Waals surface area contributed by atoms with Gasteiger partial charge in [0.15, 0.2) is 0 Å². The summed E-state index contributed by atoms with van der Waals surface area (Å²) in [6.45, 7) is 4.69. The molecule has 0 heterocycles. The fourth-order valence-corrected chi connectivity index (χ4v) is 12.3. The number of rotatable bonds is 3. The molecule has 0 saturated heterocycles. The van der Waals surface area contributed by atoms with Gasteiger partial charge in [0.05, 0.1) is 22.2 Å². The monoisotopic (exact) mass is 790 g/mol. The van der Waals surface area contributed by atoms with Gasteiger partial charge in [-0.3, -0.25) is 0 Å². The molecule has 0 atom stereocenters. The van der Waals surface area contributed by atoms with Crippen LogP contribution < -0.4 is 0 Å². The van der Waals surface area contributed by atoms with Crippen molar-refractivity contribution in [3.8, 4) is 33.4 Å². The van der Waals surface area contributed by atoms with Crippen molar-refractivity contribution in [3.63, 3.8) is 0 Å². The van der Waals surface area contributed by atoms with E-state index in [2.05, 4.69) is 220 Å². The van der Waals surface area contributed by atoms with Crippen LogP contribution in [-0.2, 0) is 16.2 Å². The molecule has 5 aliphatic carbocycles. The minimum atomic E-state index is -0.656. The maximum absolute atomic E-state index is 5.55. The van der Waals surface area contributed by atoms with Crippen molar-refractivity contribution >= 4 is 11.4 Å². The van der Waals surface area contributed by atoms with Crippen molar-refractivity contribution in [2.75, 3.05) is 0 Å². The van der Waals surface area contributed by atoms with Crippen LogP contribution in [0.2, 0.25) is 0 Å². The number of azo groups is 1. The van der Waals surface area contributed by atoms with Crippen molar-refractivity contribution in [1.82, 2.24) is 0 Å². The first-order valence-electron chi connectivity index (χ1n) is 21.9. The average molecular weight is 791 g/mol. The maximum atomic E-state index is 5.55. The minimum Gasteiger partial charge on any atom is -0.150 e. The first-order chi connectivity index (χ1) is 30.5. The zero-order valence-electron chi connectivity index (χ0n) is 34.7. The second-order valence-corrected chi connectivity index (χ2v) is 17.9. The van der Waals surface area contributed by atoms with Gasteiger partial charge in [0.1, 0.15) is 0 Å². The number of fused-ring (bicyclic) bond motifs is 19. The lowest BCUT2D eigenvalue weighted by molar-refractivity contribution is 0.633. The summed E-state index contributed by atoms with van der Waals surface area (Å²) >= 11 is 0. The van der Waals surface area contributed by atoms with E-state index in [0.717, 1.165) is 28.9 Å². The molecule has 62 heavy (non-hydrogen) atoms. The summed E-state index contributed by atoms with van der Waals surface area (Å²) in [6, 6.07) is 68.1. The van der Waals surface area contributed by atoms with Gasteiger partial charge in [0.2, 0.25) is 0 Å². The lowest BCUT2D eigenvalue weighted by Gasteiger charge is -2.49. The molecule has 0 amide bonds. The molecular weight excluding hydrogens is 749 g/mol. The van der Waals surface area contributed by atoms with E-state index in [0.29, 0.717) is 0 Å². The van der Waals surface area contributed by atoms with Crippen LogP contribution in [0, 0.1) is 0 Å². The molecule has 0 N–H and O–H groups in total. The molecule has 0 aliphatic heterocycles. The second kappa shape index (κ2) is 12.8. The van der Waals surface area contributed by atoms with Crippen LogP contribution in [0.1, 0.15) is 81.5 Å². The largest absolute Gasteiger partial charge is 0.150 e. The molecule has 0 radical (unpaired) electrons. The van der Waals surface area contributed by atoms with Crippen LogP contribution in [0.4, 0.5) is 5.69 Å². The van der Waals surface area contributed by atoms with E-state index in [1.807, 2.05) is 0 Å². The molecule has 13 rings (SSSR count). The van der Waals surface area contributed by atoms with Crippen LogP contribution >= 0.6 is 0 Å². The summed E-state index contributed by atoms with van der Waals surface area (Å²) in [6.07, 6.45) is 9.47. The van der Waals surface area contributed by atoms with Crippen molar-refractivity contribution in [3.05, 3.63) is 273 Å². The van der Waals surface area contributed by atoms with Gasteiger partial charge in [-0.1, -0.05) is 208 Å². The number of nitrogens with zero attached hydrogens (tertiary/aromatic N) is 2. The Labute approximate surface area is 363 Å². The Bertz CT molecular complexity index is 3280. The SMILES string of the molecule is CC1(C)c2ccccc2-c2ccc(/C(N=Nc3cccc4c3C3(c5ccccc5-c5ccccc53)c3ccccc3C43c4ccccc4-c4ccccc43)=C3\C=CC=CC3)cc21. The lowest BCUT2D eigenvalue weighted by atomic mass is 9.52. The quantitative estimate of drug-likeness (QED) is 0.159. The Balaban J connectivity index is 1.12. The van der Waals surface area contributed by atoms with Crippen LogP contribution in [-0.4, -0.2) is 0 Å². The zero-order chi connectivity index (χ0) is 41.2. The smallest absolute Gasteiger partial charge is 0.0964 e. The molecule has 2 heteroatoms. The van der Waals surface area contributed by atoms with Crippen molar-refractivity contribution in [1.29, 1.82) is 0 Å². The molecule has 0 fully saturated rings. The van der Waals surface area contributed by atoms with E-state index < -0.39 is 10.8 Å². The third-order valence-electron chi connectivity index (χ3n) is 14.8. The third-order valence-corrected chi connectivity index (χ3v) is 14.8. The van der Waals surface area contributed by atoms with E-state index in [-0.39, 0.29) is 5.41 Å². The summed E-state index contributed by atoms with van der Waals surface area (Å²) in [5.41, 5.74) is 23.3. The van der Waals surface area contributed by atoms with Crippen LogP contribution in [0.15, 0.2) is 222 Å². The molecule has 0 bridgehead atoms. The number of hydrogen-bond donors (Lipinski definition) is 0. The molecule has 2 nitrogen and oxygen atoms in total. The van der Waals surface area contributed by atoms with Gasteiger partial charge in [-0.05, 0) is 108 Å². The van der Waals surface area contributed by atoms with Crippen molar-refractivity contribution in [2.24, 2.45) is 10.2 Å². The second-order valence-electron chi connectivity index (χ2n) is 17.9. The number of allylic oxidation sites excluding steroid dienone is 5. The highest BCUT2D eigenvalue weighted by Gasteiger charge is 2.59. The van der Waals surface area contributed by atoms with Crippen molar-refractivity contribution in [2.45, 2.75) is 36.5 Å². The van der Waals surface area contributed by atoms with Gasteiger partial charge in [0, 0.05) is 16.5 Å². The molecule has 2 spiro atoms. The molecule has 0 aromatic heterocycles. The van der Waals surface area contributed by atoms with Crippen molar-refractivity contribution < 1.29 is 0 Å². The summed E-state index contributed by atoms with van der Waals surface area (Å²) in [7, 11) is 0. The molecule has 8 aromatic carbocycles. The van der Waals surface area contributed by atoms with Gasteiger partial charge in [-0.25, -0.2) is 0 Å². The van der Waals surface area contributed by atoms with Gasteiger partial charge in [-0.2, -0.15) is 5.11 Å². The first kappa shape index (κ1) is 35.3. The number of hydrogen-bond acceptors (Lipinski definition) is 2. The fraction of sp³-hybridized carbons (Fsp3) is 0.100. The number of benzene rings is 8. The Hall–Kier alpha value is -7.42. The Kier molecular flexibility index (Phi) is 7.30. The van der Waals surface area contributed by atoms with E-state index in [4.69, 9.17) is 10.2 Å². The summed E-state index contributed by atoms with van der Waals surface area (Å²) in [5, 5.41) is 11.0. The summed E-state index contributed by atoms with van der Waals surface area (Å²) in [5.74, 6) is 0. The van der Waals surface area contributed by atoms with E-state index in [1.54, 1.807) is 0 Å². The topological polar surface area (TPSA) is 24.7 Å². The van der Waals surface area contributed by atoms with Crippen LogP contribution in [0.5, 0.6) is 0 Å². The Morgan fingerprint density at radius 2 is 0.887 bits per heavy atom. The van der Waals surface area contributed by atoms with E-state index in [9.17, 15) is 0 Å². The Morgan fingerprint density at radius 1 is 0.419 bits per heavy atom. The molecule has 8 aromatic rings. The average Bonchev–Trinajstić information content (AvgIpc) is 3.88. The predicted octanol–water partition coefficient (Wildman–Crippen LogP) is 15.0. The van der Waals surface area contributed by atoms with Gasteiger partial charge < -0.3 is 0 Å². The molecule has 0 unspecified atom stereocenters. The van der Waals surface area contributed by atoms with Gasteiger partial charge in [-0.15, -0.1) is 5.11 Å². The molecular formula is C60H42N2. The predicted molar refractivity (Wildman–Crippen MR) is 253 cm³/mol. The minimum absolute atomic E-state index is 0.138. The van der Waals surface area contributed by atoms with E-state index >= 15 is 0 Å². The summed E-state index contributed by atoms with van der Waals surface area (Å²) < 4.78 is 0.